The van der Waals surface area contributed by atoms with Crippen molar-refractivity contribution in [2.24, 2.45) is 5.41 Å². The molecule has 0 aliphatic carbocycles. The molecular formula is C29H29ClFN3O2. The number of aromatic nitrogens is 2. The van der Waals surface area contributed by atoms with Crippen LogP contribution in [0.1, 0.15) is 49.2 Å². The first-order chi connectivity index (χ1) is 17.1. The number of halogens is 2. The number of nitrogens with zero attached hydrogens (tertiary/aromatic N) is 2. The highest BCUT2D eigenvalue weighted by Crippen LogP contribution is 2.29. The highest BCUT2D eigenvalue weighted by molar-refractivity contribution is 6.34. The fourth-order valence-electron chi connectivity index (χ4n) is 4.09. The zero-order chi connectivity index (χ0) is 26.0. The van der Waals surface area contributed by atoms with Gasteiger partial charge in [-0.1, -0.05) is 38.4 Å². The SMILES string of the molecule is CCn1c(-c2ccc(F)cc2)cc2cc(CC(=O)c3cc(CNC(=O)C(C)(C)C)ccc3Cl)cnc21. The maximum Gasteiger partial charge on any atom is 0.225 e. The number of nitrogens with one attached hydrogen (secondary N) is 1. The summed E-state index contributed by atoms with van der Waals surface area (Å²) >= 11 is 6.36. The monoisotopic (exact) mass is 505 g/mol. The number of carbonyl (C=O) groups is 2. The maximum atomic E-state index is 13.4. The molecule has 36 heavy (non-hydrogen) atoms. The molecule has 4 aromatic rings. The molecule has 0 saturated carbocycles. The molecule has 7 heteroatoms. The lowest BCUT2D eigenvalue weighted by atomic mass is 9.95. The lowest BCUT2D eigenvalue weighted by molar-refractivity contribution is -0.128. The third-order valence-corrected chi connectivity index (χ3v) is 6.41. The van der Waals surface area contributed by atoms with Crippen molar-refractivity contribution in [3.63, 3.8) is 0 Å². The van der Waals surface area contributed by atoms with Gasteiger partial charge in [-0.05, 0) is 72.1 Å². The summed E-state index contributed by atoms with van der Waals surface area (Å²) in [5.74, 6) is -0.473. The molecule has 0 unspecified atom stereocenters. The fourth-order valence-corrected chi connectivity index (χ4v) is 4.31. The van der Waals surface area contributed by atoms with Crippen LogP contribution in [0.15, 0.2) is 60.8 Å². The lowest BCUT2D eigenvalue weighted by Gasteiger charge is -2.18. The van der Waals surface area contributed by atoms with E-state index in [0.29, 0.717) is 23.7 Å². The summed E-state index contributed by atoms with van der Waals surface area (Å²) in [5, 5.41) is 4.18. The minimum absolute atomic E-state index is 0.0660. The Bertz CT molecular complexity index is 1440. The molecule has 5 nitrogen and oxygen atoms in total. The number of Topliss-reactive ketones (excluding diaryl/α,β-unsaturated/α-hetero) is 1. The van der Waals surface area contributed by atoms with E-state index in [-0.39, 0.29) is 23.9 Å². The minimum Gasteiger partial charge on any atom is -0.352 e. The fraction of sp³-hybridized carbons (Fsp3) is 0.276. The topological polar surface area (TPSA) is 64.0 Å². The molecule has 0 aliphatic rings. The molecule has 1 N–H and O–H groups in total. The number of carbonyl (C=O) groups excluding carboxylic acids is 2. The minimum atomic E-state index is -0.496. The van der Waals surface area contributed by atoms with Crippen LogP contribution in [0.4, 0.5) is 4.39 Å². The Hall–Kier alpha value is -3.51. The van der Waals surface area contributed by atoms with Gasteiger partial charge in [0, 0.05) is 42.1 Å². The molecule has 0 aliphatic heterocycles. The van der Waals surface area contributed by atoms with E-state index in [1.165, 1.54) is 12.1 Å². The van der Waals surface area contributed by atoms with Crippen LogP contribution in [0.3, 0.4) is 0 Å². The van der Waals surface area contributed by atoms with E-state index in [1.54, 1.807) is 36.5 Å². The molecule has 186 valence electrons. The molecular weight excluding hydrogens is 477 g/mol. The van der Waals surface area contributed by atoms with E-state index in [1.807, 2.05) is 39.8 Å². The van der Waals surface area contributed by atoms with Gasteiger partial charge >= 0.3 is 0 Å². The van der Waals surface area contributed by atoms with Gasteiger partial charge in [0.1, 0.15) is 11.5 Å². The summed E-state index contributed by atoms with van der Waals surface area (Å²) in [6, 6.07) is 15.6. The Labute approximate surface area is 215 Å². The van der Waals surface area contributed by atoms with Crippen LogP contribution < -0.4 is 5.32 Å². The molecule has 0 spiro atoms. The van der Waals surface area contributed by atoms with Gasteiger partial charge in [-0.25, -0.2) is 9.37 Å². The van der Waals surface area contributed by atoms with Gasteiger partial charge in [-0.2, -0.15) is 0 Å². The standard InChI is InChI=1S/C29H29ClFN3O2/c1-5-34-25(20-7-9-22(31)10-8-20)15-21-12-19(17-32-27(21)34)14-26(35)23-13-18(6-11-24(23)30)16-33-28(36)29(2,3)4/h6-13,15,17H,5,14,16H2,1-4H3,(H,33,36). The number of amides is 1. The van der Waals surface area contributed by atoms with Gasteiger partial charge in [-0.3, -0.25) is 9.59 Å². The zero-order valence-electron chi connectivity index (χ0n) is 20.9. The van der Waals surface area contributed by atoms with Gasteiger partial charge in [0.15, 0.2) is 5.78 Å². The third-order valence-electron chi connectivity index (χ3n) is 6.08. The van der Waals surface area contributed by atoms with Gasteiger partial charge in [0.2, 0.25) is 5.91 Å². The predicted molar refractivity (Wildman–Crippen MR) is 142 cm³/mol. The number of fused-ring (bicyclic) bond motifs is 1. The molecule has 4 rings (SSSR count). The highest BCUT2D eigenvalue weighted by Gasteiger charge is 2.21. The van der Waals surface area contributed by atoms with Gasteiger partial charge < -0.3 is 9.88 Å². The van der Waals surface area contributed by atoms with E-state index in [4.69, 9.17) is 11.6 Å². The number of hydrogen-bond acceptors (Lipinski definition) is 3. The van der Waals surface area contributed by atoms with Crippen LogP contribution in [0.25, 0.3) is 22.3 Å². The number of hydrogen-bond donors (Lipinski definition) is 1. The first-order valence-corrected chi connectivity index (χ1v) is 12.3. The smallest absolute Gasteiger partial charge is 0.225 e. The van der Waals surface area contributed by atoms with E-state index >= 15 is 0 Å². The second-order valence-electron chi connectivity index (χ2n) is 9.88. The normalized spacial score (nSPS) is 11.6. The summed E-state index contributed by atoms with van der Waals surface area (Å²) in [5.41, 5.74) is 4.14. The molecule has 2 aromatic carbocycles. The predicted octanol–water partition coefficient (Wildman–Crippen LogP) is 6.60. The summed E-state index contributed by atoms with van der Waals surface area (Å²) in [6.45, 7) is 8.60. The molecule has 0 fully saturated rings. The van der Waals surface area contributed by atoms with Crippen molar-refractivity contribution >= 4 is 34.3 Å². The Balaban J connectivity index is 1.57. The molecule has 2 aromatic heterocycles. The Morgan fingerprint density at radius 2 is 1.75 bits per heavy atom. The summed E-state index contributed by atoms with van der Waals surface area (Å²) in [4.78, 5) is 30.0. The first-order valence-electron chi connectivity index (χ1n) is 11.9. The molecule has 0 bridgehead atoms. The lowest BCUT2D eigenvalue weighted by Crippen LogP contribution is -2.34. The molecule has 2 heterocycles. The maximum absolute atomic E-state index is 13.4. The second kappa shape index (κ2) is 10.2. The number of rotatable bonds is 7. The van der Waals surface area contributed by atoms with Crippen molar-refractivity contribution in [3.05, 3.63) is 88.3 Å². The summed E-state index contributed by atoms with van der Waals surface area (Å²) in [6.07, 6.45) is 1.85. The number of aryl methyl sites for hydroxylation is 1. The largest absolute Gasteiger partial charge is 0.352 e. The molecule has 0 saturated heterocycles. The van der Waals surface area contributed by atoms with Crippen LogP contribution in [0.5, 0.6) is 0 Å². The van der Waals surface area contributed by atoms with Crippen molar-refractivity contribution in [3.8, 4) is 11.3 Å². The molecule has 0 radical (unpaired) electrons. The van der Waals surface area contributed by atoms with Crippen molar-refractivity contribution in [1.29, 1.82) is 0 Å². The molecule has 1 amide bonds. The van der Waals surface area contributed by atoms with Crippen molar-refractivity contribution in [2.75, 3.05) is 0 Å². The number of ketones is 1. The van der Waals surface area contributed by atoms with Crippen molar-refractivity contribution in [2.45, 2.75) is 47.2 Å². The Morgan fingerprint density at radius 3 is 2.42 bits per heavy atom. The van der Waals surface area contributed by atoms with Crippen molar-refractivity contribution in [1.82, 2.24) is 14.9 Å². The van der Waals surface area contributed by atoms with Crippen LogP contribution in [-0.4, -0.2) is 21.2 Å². The van der Waals surface area contributed by atoms with Crippen LogP contribution in [0.2, 0.25) is 5.02 Å². The highest BCUT2D eigenvalue weighted by atomic mass is 35.5. The second-order valence-corrected chi connectivity index (χ2v) is 10.3. The first kappa shape index (κ1) is 25.6. The summed E-state index contributed by atoms with van der Waals surface area (Å²) in [7, 11) is 0. The zero-order valence-corrected chi connectivity index (χ0v) is 21.6. The van der Waals surface area contributed by atoms with Crippen molar-refractivity contribution < 1.29 is 14.0 Å². The number of benzene rings is 2. The summed E-state index contributed by atoms with van der Waals surface area (Å²) < 4.78 is 15.5. The van der Waals surface area contributed by atoms with E-state index < -0.39 is 5.41 Å². The average Bonchev–Trinajstić information content (AvgIpc) is 3.20. The molecule has 0 atom stereocenters. The van der Waals surface area contributed by atoms with Crippen LogP contribution in [-0.2, 0) is 24.3 Å². The average molecular weight is 506 g/mol. The van der Waals surface area contributed by atoms with E-state index in [0.717, 1.165) is 33.4 Å². The quantitative estimate of drug-likeness (QED) is 0.288. The van der Waals surface area contributed by atoms with Gasteiger partial charge in [0.25, 0.3) is 0 Å². The van der Waals surface area contributed by atoms with E-state index in [2.05, 4.69) is 14.9 Å². The van der Waals surface area contributed by atoms with Gasteiger partial charge in [0.05, 0.1) is 10.7 Å². The third kappa shape index (κ3) is 5.49. The Morgan fingerprint density at radius 1 is 1.03 bits per heavy atom. The number of pyridine rings is 1. The Kier molecular flexibility index (Phi) is 7.27. The van der Waals surface area contributed by atoms with Crippen LogP contribution >= 0.6 is 11.6 Å². The van der Waals surface area contributed by atoms with E-state index in [9.17, 15) is 14.0 Å². The van der Waals surface area contributed by atoms with Gasteiger partial charge in [-0.15, -0.1) is 0 Å². The van der Waals surface area contributed by atoms with Crippen LogP contribution in [0, 0.1) is 11.2 Å².